The zero-order valence-corrected chi connectivity index (χ0v) is 15.2. The standard InChI is InChI=1S/C19H31NO2S/c1-2-3-4-5-6-7-8-9-13-20-14-12-17-15-19(23(21)22)11-10-18(17)16-20/h10-11,15H,2-9,12-14,16H2,1H3,(H,21,22). The first kappa shape index (κ1) is 18.6. The average Bonchev–Trinajstić information content (AvgIpc) is 2.56. The minimum Gasteiger partial charge on any atom is -0.302 e. The van der Waals surface area contributed by atoms with Crippen LogP contribution in [0.25, 0.3) is 0 Å². The van der Waals surface area contributed by atoms with Gasteiger partial charge in [0.05, 0.1) is 4.90 Å². The number of unbranched alkanes of at least 4 members (excludes halogenated alkanes) is 7. The van der Waals surface area contributed by atoms with Crippen LogP contribution in [0.15, 0.2) is 23.1 Å². The van der Waals surface area contributed by atoms with E-state index >= 15 is 0 Å². The van der Waals surface area contributed by atoms with Gasteiger partial charge < -0.3 is 4.55 Å². The van der Waals surface area contributed by atoms with Crippen molar-refractivity contribution in [2.45, 2.75) is 76.2 Å². The van der Waals surface area contributed by atoms with Crippen LogP contribution in [0.2, 0.25) is 0 Å². The van der Waals surface area contributed by atoms with E-state index in [1.165, 1.54) is 69.0 Å². The van der Waals surface area contributed by atoms with E-state index in [4.69, 9.17) is 0 Å². The Hall–Kier alpha value is -0.710. The minimum absolute atomic E-state index is 0.528. The molecular formula is C19H31NO2S. The molecule has 23 heavy (non-hydrogen) atoms. The summed E-state index contributed by atoms with van der Waals surface area (Å²) in [5.74, 6) is 0. The molecule has 2 rings (SSSR count). The second-order valence-corrected chi connectivity index (χ2v) is 7.65. The van der Waals surface area contributed by atoms with Gasteiger partial charge in [-0.2, -0.15) is 0 Å². The number of hydrogen-bond acceptors (Lipinski definition) is 2. The van der Waals surface area contributed by atoms with Crippen LogP contribution in [0.3, 0.4) is 0 Å². The van der Waals surface area contributed by atoms with Crippen LogP contribution >= 0.6 is 0 Å². The quantitative estimate of drug-likeness (QED) is 0.494. The average molecular weight is 338 g/mol. The Morgan fingerprint density at radius 3 is 2.43 bits per heavy atom. The van der Waals surface area contributed by atoms with Gasteiger partial charge in [0.1, 0.15) is 0 Å². The third-order valence-corrected chi connectivity index (χ3v) is 5.46. The molecule has 1 aromatic rings. The maximum atomic E-state index is 11.1. The van der Waals surface area contributed by atoms with Gasteiger partial charge in [0.15, 0.2) is 11.1 Å². The van der Waals surface area contributed by atoms with E-state index < -0.39 is 11.1 Å². The monoisotopic (exact) mass is 337 g/mol. The van der Waals surface area contributed by atoms with Crippen molar-refractivity contribution in [1.29, 1.82) is 0 Å². The Morgan fingerprint density at radius 1 is 1.04 bits per heavy atom. The van der Waals surface area contributed by atoms with Gasteiger partial charge in [0, 0.05) is 13.1 Å². The zero-order valence-electron chi connectivity index (χ0n) is 14.4. The molecule has 1 unspecified atom stereocenters. The van der Waals surface area contributed by atoms with Crippen LogP contribution in [0.4, 0.5) is 0 Å². The molecule has 1 aromatic carbocycles. The first-order valence-corrected chi connectivity index (χ1v) is 10.3. The summed E-state index contributed by atoms with van der Waals surface area (Å²) in [7, 11) is 0. The van der Waals surface area contributed by atoms with Gasteiger partial charge >= 0.3 is 0 Å². The molecular weight excluding hydrogens is 306 g/mol. The second-order valence-electron chi connectivity index (χ2n) is 6.68. The van der Waals surface area contributed by atoms with Gasteiger partial charge in [-0.1, -0.05) is 57.9 Å². The van der Waals surface area contributed by atoms with E-state index in [1.807, 2.05) is 12.1 Å². The van der Waals surface area contributed by atoms with Crippen molar-refractivity contribution in [2.75, 3.05) is 13.1 Å². The zero-order chi connectivity index (χ0) is 16.5. The molecule has 0 radical (unpaired) electrons. The van der Waals surface area contributed by atoms with Crippen LogP contribution in [-0.2, 0) is 24.0 Å². The molecule has 1 atom stereocenters. The Balaban J connectivity index is 1.64. The van der Waals surface area contributed by atoms with E-state index in [0.29, 0.717) is 4.90 Å². The molecule has 0 saturated carbocycles. The van der Waals surface area contributed by atoms with E-state index in [9.17, 15) is 8.76 Å². The minimum atomic E-state index is -1.86. The van der Waals surface area contributed by atoms with Crippen molar-refractivity contribution in [3.8, 4) is 0 Å². The maximum absolute atomic E-state index is 11.1. The molecule has 0 aliphatic carbocycles. The van der Waals surface area contributed by atoms with Crippen molar-refractivity contribution in [2.24, 2.45) is 0 Å². The number of rotatable bonds is 10. The van der Waals surface area contributed by atoms with Crippen molar-refractivity contribution < 1.29 is 8.76 Å². The molecule has 0 amide bonds. The van der Waals surface area contributed by atoms with Gasteiger partial charge in [-0.3, -0.25) is 4.90 Å². The number of nitrogens with zero attached hydrogens (tertiary/aromatic N) is 1. The maximum Gasteiger partial charge on any atom is 0.186 e. The highest BCUT2D eigenvalue weighted by molar-refractivity contribution is 7.79. The molecule has 0 aromatic heterocycles. The van der Waals surface area contributed by atoms with Crippen molar-refractivity contribution in [3.63, 3.8) is 0 Å². The molecule has 1 heterocycles. The summed E-state index contributed by atoms with van der Waals surface area (Å²) in [5, 5.41) is 0. The van der Waals surface area contributed by atoms with E-state index in [-0.39, 0.29) is 0 Å². The predicted octanol–water partition coefficient (Wildman–Crippen LogP) is 4.77. The Labute approximate surface area is 143 Å². The van der Waals surface area contributed by atoms with E-state index in [1.54, 1.807) is 6.07 Å². The van der Waals surface area contributed by atoms with E-state index in [2.05, 4.69) is 11.8 Å². The van der Waals surface area contributed by atoms with Crippen molar-refractivity contribution >= 4 is 11.1 Å². The normalized spacial score (nSPS) is 16.3. The van der Waals surface area contributed by atoms with Crippen molar-refractivity contribution in [1.82, 2.24) is 4.90 Å². The third kappa shape index (κ3) is 6.36. The van der Waals surface area contributed by atoms with Crippen LogP contribution < -0.4 is 0 Å². The molecule has 1 aliphatic rings. The molecule has 0 spiro atoms. The lowest BCUT2D eigenvalue weighted by molar-refractivity contribution is 0.247. The van der Waals surface area contributed by atoms with Gasteiger partial charge in [-0.15, -0.1) is 0 Å². The first-order valence-electron chi connectivity index (χ1n) is 9.15. The molecule has 4 heteroatoms. The van der Waals surface area contributed by atoms with Crippen LogP contribution in [0.1, 0.15) is 69.4 Å². The topological polar surface area (TPSA) is 40.5 Å². The number of hydrogen-bond donors (Lipinski definition) is 1. The molecule has 1 N–H and O–H groups in total. The predicted molar refractivity (Wildman–Crippen MR) is 97.1 cm³/mol. The fourth-order valence-corrected chi connectivity index (χ4v) is 3.78. The molecule has 1 aliphatic heterocycles. The highest BCUT2D eigenvalue weighted by Crippen LogP contribution is 2.22. The Morgan fingerprint density at radius 2 is 1.74 bits per heavy atom. The molecule has 0 saturated heterocycles. The van der Waals surface area contributed by atoms with Gasteiger partial charge in [0.2, 0.25) is 0 Å². The van der Waals surface area contributed by atoms with Crippen LogP contribution in [0, 0.1) is 0 Å². The lowest BCUT2D eigenvalue weighted by Crippen LogP contribution is -2.31. The highest BCUT2D eigenvalue weighted by Gasteiger charge is 2.16. The summed E-state index contributed by atoms with van der Waals surface area (Å²) >= 11 is -1.86. The fourth-order valence-electron chi connectivity index (χ4n) is 3.36. The Bertz CT molecular complexity index is 504. The van der Waals surface area contributed by atoms with Gasteiger partial charge in [-0.05, 0) is 42.6 Å². The van der Waals surface area contributed by atoms with Crippen LogP contribution in [-0.4, -0.2) is 26.8 Å². The van der Waals surface area contributed by atoms with Crippen molar-refractivity contribution in [3.05, 3.63) is 29.3 Å². The summed E-state index contributed by atoms with van der Waals surface area (Å²) < 4.78 is 20.3. The lowest BCUT2D eigenvalue weighted by Gasteiger charge is -2.29. The van der Waals surface area contributed by atoms with Gasteiger partial charge in [0.25, 0.3) is 0 Å². The summed E-state index contributed by atoms with van der Waals surface area (Å²) in [6.07, 6.45) is 11.9. The molecule has 130 valence electrons. The third-order valence-electron chi connectivity index (χ3n) is 4.80. The Kier molecular flexibility index (Phi) is 8.27. The SMILES string of the molecule is CCCCCCCCCCN1CCc2cc(S(=O)O)ccc2C1. The summed E-state index contributed by atoms with van der Waals surface area (Å²) in [5.41, 5.74) is 2.57. The van der Waals surface area contributed by atoms with Gasteiger partial charge in [-0.25, -0.2) is 4.21 Å². The number of benzene rings is 1. The largest absolute Gasteiger partial charge is 0.302 e. The molecule has 0 fully saturated rings. The molecule has 3 nitrogen and oxygen atoms in total. The summed E-state index contributed by atoms with van der Waals surface area (Å²) in [4.78, 5) is 3.05. The van der Waals surface area contributed by atoms with E-state index in [0.717, 1.165) is 19.5 Å². The molecule has 0 bridgehead atoms. The first-order chi connectivity index (χ1) is 11.2. The smallest absolute Gasteiger partial charge is 0.186 e. The second kappa shape index (κ2) is 10.2. The lowest BCUT2D eigenvalue weighted by atomic mass is 9.99. The van der Waals surface area contributed by atoms with Crippen LogP contribution in [0.5, 0.6) is 0 Å². The number of fused-ring (bicyclic) bond motifs is 1. The summed E-state index contributed by atoms with van der Waals surface area (Å²) in [6.45, 7) is 5.51. The highest BCUT2D eigenvalue weighted by atomic mass is 32.2. The fraction of sp³-hybridized carbons (Fsp3) is 0.684. The summed E-state index contributed by atoms with van der Waals surface area (Å²) in [6, 6.07) is 5.71.